The molecule has 0 heterocycles. The van der Waals surface area contributed by atoms with Crippen LogP contribution in [0.3, 0.4) is 0 Å². The Morgan fingerprint density at radius 3 is 2.22 bits per heavy atom. The minimum atomic E-state index is -3.92. The van der Waals surface area contributed by atoms with Crippen molar-refractivity contribution in [1.82, 2.24) is 0 Å². The predicted molar refractivity (Wildman–Crippen MR) is 113 cm³/mol. The van der Waals surface area contributed by atoms with E-state index in [9.17, 15) is 13.7 Å². The molecule has 0 aliphatic rings. The second-order valence-electron chi connectivity index (χ2n) is 7.25. The molecule has 0 fully saturated rings. The fourth-order valence-corrected chi connectivity index (χ4v) is 4.71. The van der Waals surface area contributed by atoms with E-state index in [2.05, 4.69) is 26.1 Å². The zero-order chi connectivity index (χ0) is 20.2. The van der Waals surface area contributed by atoms with Gasteiger partial charge in [0.25, 0.3) is 0 Å². The third-order valence-corrected chi connectivity index (χ3v) is 6.66. The van der Waals surface area contributed by atoms with Gasteiger partial charge in [-0.2, -0.15) is 5.26 Å². The molecule has 2 aromatic rings. The van der Waals surface area contributed by atoms with Gasteiger partial charge in [-0.1, -0.05) is 45.0 Å². The maximum Gasteiger partial charge on any atom is 0.219 e. The summed E-state index contributed by atoms with van der Waals surface area (Å²) in [5.74, 6) is 0. The van der Waals surface area contributed by atoms with Crippen molar-refractivity contribution in [3.05, 3.63) is 69.6 Å². The third-order valence-electron chi connectivity index (χ3n) is 4.09. The summed E-state index contributed by atoms with van der Waals surface area (Å²) < 4.78 is 26.1. The third kappa shape index (κ3) is 4.94. The van der Waals surface area contributed by atoms with Gasteiger partial charge in [-0.25, -0.2) is 8.42 Å². The molecular weight excluding hydrogens is 376 g/mol. The second-order valence-corrected chi connectivity index (χ2v) is 9.95. The van der Waals surface area contributed by atoms with Crippen LogP contribution in [0.5, 0.6) is 0 Å². The largest absolute Gasteiger partial charge is 0.349 e. The first-order chi connectivity index (χ1) is 12.6. The van der Waals surface area contributed by atoms with Crippen LogP contribution in [0.25, 0.3) is 0 Å². The Morgan fingerprint density at radius 1 is 1.11 bits per heavy atom. The lowest BCUT2D eigenvalue weighted by atomic mass is 9.87. The number of allylic oxidation sites excluding steroid dienone is 1. The van der Waals surface area contributed by atoms with E-state index < -0.39 is 9.84 Å². The number of hydrogen-bond acceptors (Lipinski definition) is 5. The number of nitrogens with zero attached hydrogens (tertiary/aromatic N) is 1. The topological polar surface area (TPSA) is 70.0 Å². The summed E-state index contributed by atoms with van der Waals surface area (Å²) in [6.45, 7) is 8.14. The summed E-state index contributed by atoms with van der Waals surface area (Å²) in [6.07, 6.45) is 1.74. The highest BCUT2D eigenvalue weighted by Gasteiger charge is 2.26. The molecule has 0 saturated carbocycles. The van der Waals surface area contributed by atoms with E-state index in [0.717, 1.165) is 16.8 Å². The zero-order valence-electron chi connectivity index (χ0n) is 16.2. The molecule has 27 heavy (non-hydrogen) atoms. The van der Waals surface area contributed by atoms with Gasteiger partial charge in [0.15, 0.2) is 4.91 Å². The number of nitrogens with one attached hydrogen (secondary N) is 1. The number of hydrogen-bond donors (Lipinski definition) is 1. The van der Waals surface area contributed by atoms with Crippen molar-refractivity contribution in [2.75, 3.05) is 11.6 Å². The van der Waals surface area contributed by atoms with Gasteiger partial charge in [0.1, 0.15) is 11.1 Å². The van der Waals surface area contributed by atoms with E-state index in [1.54, 1.807) is 30.5 Å². The van der Waals surface area contributed by atoms with Crippen LogP contribution in [0.15, 0.2) is 63.4 Å². The minimum Gasteiger partial charge on any atom is -0.349 e. The molecule has 0 aromatic heterocycles. The first-order valence-corrected chi connectivity index (χ1v) is 11.2. The van der Waals surface area contributed by atoms with Crippen molar-refractivity contribution in [3.8, 4) is 6.07 Å². The van der Waals surface area contributed by atoms with Gasteiger partial charge in [0.05, 0.1) is 4.90 Å². The highest BCUT2D eigenvalue weighted by molar-refractivity contribution is 8.04. The van der Waals surface area contributed by atoms with E-state index in [-0.39, 0.29) is 15.2 Å². The van der Waals surface area contributed by atoms with Gasteiger partial charge < -0.3 is 5.32 Å². The van der Waals surface area contributed by atoms with E-state index in [0.29, 0.717) is 5.03 Å². The van der Waals surface area contributed by atoms with Crippen LogP contribution in [-0.2, 0) is 15.3 Å². The highest BCUT2D eigenvalue weighted by Crippen LogP contribution is 2.30. The number of thioether (sulfide) groups is 1. The number of anilines is 1. The van der Waals surface area contributed by atoms with Crippen molar-refractivity contribution in [3.63, 3.8) is 0 Å². The average molecular weight is 401 g/mol. The van der Waals surface area contributed by atoms with Crippen molar-refractivity contribution in [1.29, 1.82) is 5.26 Å². The first-order valence-electron chi connectivity index (χ1n) is 8.47. The highest BCUT2D eigenvalue weighted by atomic mass is 32.2. The Bertz CT molecular complexity index is 994. The molecule has 1 N–H and O–H groups in total. The molecule has 0 radical (unpaired) electrons. The fourth-order valence-electron chi connectivity index (χ4n) is 2.54. The molecule has 0 spiro atoms. The molecule has 0 unspecified atom stereocenters. The van der Waals surface area contributed by atoms with Gasteiger partial charge in [-0.05, 0) is 54.0 Å². The number of nitriles is 1. The molecule has 2 rings (SSSR count). The van der Waals surface area contributed by atoms with Crippen molar-refractivity contribution in [2.24, 2.45) is 0 Å². The second kappa shape index (κ2) is 8.20. The lowest BCUT2D eigenvalue weighted by molar-refractivity contribution is 0.587. The zero-order valence-corrected chi connectivity index (χ0v) is 17.8. The average Bonchev–Trinajstić information content (AvgIpc) is 2.60. The molecule has 142 valence electrons. The molecule has 4 nitrogen and oxygen atoms in total. The molecule has 0 bridgehead atoms. The Morgan fingerprint density at radius 2 is 1.74 bits per heavy atom. The summed E-state index contributed by atoms with van der Waals surface area (Å²) in [4.78, 5) is -0.162. The Kier molecular flexibility index (Phi) is 6.40. The number of sulfone groups is 1. The maximum absolute atomic E-state index is 13.0. The Hall–Kier alpha value is -2.23. The fraction of sp³-hybridized carbons (Fsp3) is 0.286. The summed E-state index contributed by atoms with van der Waals surface area (Å²) in [6, 6.07) is 16.2. The SMILES string of the molecule is CS/C(Nc1cccc(C)c1)=C(\C#N)S(=O)(=O)c1ccc(C(C)(C)C)cc1. The number of rotatable bonds is 5. The van der Waals surface area contributed by atoms with Gasteiger partial charge in [0.2, 0.25) is 9.84 Å². The maximum atomic E-state index is 13.0. The van der Waals surface area contributed by atoms with E-state index in [1.165, 1.54) is 11.8 Å². The van der Waals surface area contributed by atoms with Crippen molar-refractivity contribution < 1.29 is 8.42 Å². The monoisotopic (exact) mass is 400 g/mol. The molecular formula is C21H24N2O2S2. The number of benzene rings is 2. The Balaban J connectivity index is 2.48. The van der Waals surface area contributed by atoms with E-state index in [1.807, 2.05) is 37.3 Å². The first kappa shape index (κ1) is 21.1. The molecule has 0 aliphatic heterocycles. The number of aryl methyl sites for hydroxylation is 1. The van der Waals surface area contributed by atoms with E-state index in [4.69, 9.17) is 0 Å². The van der Waals surface area contributed by atoms with E-state index >= 15 is 0 Å². The van der Waals surface area contributed by atoms with Gasteiger partial charge in [0, 0.05) is 5.69 Å². The summed E-state index contributed by atoms with van der Waals surface area (Å²) in [5.41, 5.74) is 2.74. The molecule has 0 amide bonds. The van der Waals surface area contributed by atoms with Crippen LogP contribution >= 0.6 is 11.8 Å². The van der Waals surface area contributed by atoms with Crippen molar-refractivity contribution in [2.45, 2.75) is 38.0 Å². The molecule has 0 atom stereocenters. The predicted octanol–water partition coefficient (Wildman–Crippen LogP) is 5.23. The minimum absolute atomic E-state index is 0.0760. The smallest absolute Gasteiger partial charge is 0.219 e. The molecule has 0 saturated heterocycles. The summed E-state index contributed by atoms with van der Waals surface area (Å²) >= 11 is 1.20. The molecule has 0 aliphatic carbocycles. The van der Waals surface area contributed by atoms with Crippen LogP contribution in [0.1, 0.15) is 31.9 Å². The van der Waals surface area contributed by atoms with Crippen LogP contribution < -0.4 is 5.32 Å². The lowest BCUT2D eigenvalue weighted by Crippen LogP contribution is -2.13. The van der Waals surface area contributed by atoms with Crippen LogP contribution in [0.2, 0.25) is 0 Å². The lowest BCUT2D eigenvalue weighted by Gasteiger charge is -2.19. The van der Waals surface area contributed by atoms with Gasteiger partial charge in [-0.15, -0.1) is 11.8 Å². The standard InChI is InChI=1S/C21H24N2O2S2/c1-15-7-6-8-17(13-15)23-20(26-5)19(14-22)27(24,25)18-11-9-16(10-12-18)21(2,3)4/h6-13,23H,1-5H3/b20-19+. The Labute approximate surface area is 166 Å². The van der Waals surface area contributed by atoms with Crippen LogP contribution in [0.4, 0.5) is 5.69 Å². The van der Waals surface area contributed by atoms with Crippen molar-refractivity contribution >= 4 is 27.3 Å². The van der Waals surface area contributed by atoms with Crippen LogP contribution in [0, 0.1) is 18.3 Å². The summed E-state index contributed by atoms with van der Waals surface area (Å²) in [7, 11) is -3.92. The van der Waals surface area contributed by atoms with Gasteiger partial charge >= 0.3 is 0 Å². The van der Waals surface area contributed by atoms with Crippen LogP contribution in [-0.4, -0.2) is 14.7 Å². The molecule has 2 aromatic carbocycles. The van der Waals surface area contributed by atoms with Gasteiger partial charge in [-0.3, -0.25) is 0 Å². The molecule has 6 heteroatoms. The normalized spacial score (nSPS) is 12.9. The quantitative estimate of drug-likeness (QED) is 0.696. The summed E-state index contributed by atoms with van der Waals surface area (Å²) in [5, 5.41) is 13.0.